The number of aryl methyl sites for hydroxylation is 1. The average molecular weight is 218 g/mol. The Morgan fingerprint density at radius 1 is 1.56 bits per heavy atom. The summed E-state index contributed by atoms with van der Waals surface area (Å²) < 4.78 is 0. The molecule has 5 nitrogen and oxygen atoms in total. The molecule has 1 rings (SSSR count). The normalized spacial score (nSPS) is 10.6. The van der Waals surface area contributed by atoms with Crippen LogP contribution in [0.1, 0.15) is 25.1 Å². The van der Waals surface area contributed by atoms with E-state index in [1.54, 1.807) is 32.9 Å². The first-order valence-electron chi connectivity index (χ1n) is 4.82. The predicted octanol–water partition coefficient (Wildman–Crippen LogP) is 0.937. The summed E-state index contributed by atoms with van der Waals surface area (Å²) in [7, 11) is 0. The van der Waals surface area contributed by atoms with Crippen molar-refractivity contribution in [2.75, 3.05) is 5.32 Å². The second kappa shape index (κ2) is 4.19. The minimum Gasteiger partial charge on any atom is -0.368 e. The van der Waals surface area contributed by atoms with Gasteiger partial charge in [0.25, 0.3) is 0 Å². The highest BCUT2D eigenvalue weighted by molar-refractivity contribution is 5.86. The largest absolute Gasteiger partial charge is 0.368 e. The Bertz CT molecular complexity index is 460. The molecule has 0 aliphatic rings. The van der Waals surface area contributed by atoms with Gasteiger partial charge < -0.3 is 11.1 Å². The van der Waals surface area contributed by atoms with Crippen LogP contribution in [0.4, 0.5) is 5.82 Å². The van der Waals surface area contributed by atoms with Crippen molar-refractivity contribution in [2.24, 2.45) is 5.73 Å². The lowest BCUT2D eigenvalue weighted by atomic mass is 10.1. The van der Waals surface area contributed by atoms with Crippen molar-refractivity contribution in [1.29, 1.82) is 5.26 Å². The van der Waals surface area contributed by atoms with Crippen molar-refractivity contribution in [3.63, 3.8) is 0 Å². The van der Waals surface area contributed by atoms with Crippen molar-refractivity contribution in [3.05, 3.63) is 23.4 Å². The Balaban J connectivity index is 3.03. The van der Waals surface area contributed by atoms with Gasteiger partial charge in [-0.2, -0.15) is 5.26 Å². The smallest absolute Gasteiger partial charge is 0.242 e. The van der Waals surface area contributed by atoms with Crippen molar-refractivity contribution in [2.45, 2.75) is 26.3 Å². The lowest BCUT2D eigenvalue weighted by Gasteiger charge is -2.23. The second-order valence-corrected chi connectivity index (χ2v) is 4.11. The summed E-state index contributed by atoms with van der Waals surface area (Å²) in [5.41, 5.74) is 5.54. The molecular weight excluding hydrogens is 204 g/mol. The zero-order valence-electron chi connectivity index (χ0n) is 9.53. The third-order valence-corrected chi connectivity index (χ3v) is 2.14. The molecule has 0 unspecified atom stereocenters. The Morgan fingerprint density at radius 3 is 2.69 bits per heavy atom. The van der Waals surface area contributed by atoms with E-state index in [1.807, 2.05) is 6.07 Å². The minimum absolute atomic E-state index is 0.473. The Kier molecular flexibility index (Phi) is 3.14. The van der Waals surface area contributed by atoms with Gasteiger partial charge in [0.15, 0.2) is 0 Å². The molecule has 0 fully saturated rings. The zero-order chi connectivity index (χ0) is 12.3. The van der Waals surface area contributed by atoms with E-state index in [-0.39, 0.29) is 0 Å². The van der Waals surface area contributed by atoms with Crippen LogP contribution >= 0.6 is 0 Å². The van der Waals surface area contributed by atoms with Gasteiger partial charge in [-0.3, -0.25) is 4.79 Å². The highest BCUT2D eigenvalue weighted by Crippen LogP contribution is 2.15. The number of carbonyl (C=O) groups is 1. The third-order valence-electron chi connectivity index (χ3n) is 2.14. The number of aromatic nitrogens is 1. The minimum atomic E-state index is -0.895. The second-order valence-electron chi connectivity index (χ2n) is 4.11. The lowest BCUT2D eigenvalue weighted by Crippen LogP contribution is -2.45. The zero-order valence-corrected chi connectivity index (χ0v) is 9.53. The maximum absolute atomic E-state index is 11.1. The molecule has 5 heteroatoms. The average Bonchev–Trinajstić information content (AvgIpc) is 2.15. The molecule has 0 spiro atoms. The monoisotopic (exact) mass is 218 g/mol. The van der Waals surface area contributed by atoms with Crippen LogP contribution in [-0.2, 0) is 4.79 Å². The molecule has 16 heavy (non-hydrogen) atoms. The molecule has 0 atom stereocenters. The number of amides is 1. The molecule has 84 valence electrons. The molecule has 0 radical (unpaired) electrons. The first-order chi connectivity index (χ1) is 7.35. The fourth-order valence-corrected chi connectivity index (χ4v) is 1.18. The van der Waals surface area contributed by atoms with E-state index in [1.165, 1.54) is 0 Å². The maximum Gasteiger partial charge on any atom is 0.242 e. The number of nitriles is 1. The van der Waals surface area contributed by atoms with Gasteiger partial charge in [0.05, 0.1) is 11.6 Å². The number of hydrogen-bond acceptors (Lipinski definition) is 4. The number of hydrogen-bond donors (Lipinski definition) is 2. The fourth-order valence-electron chi connectivity index (χ4n) is 1.18. The van der Waals surface area contributed by atoms with Gasteiger partial charge in [0.2, 0.25) is 5.91 Å². The molecule has 1 amide bonds. The van der Waals surface area contributed by atoms with E-state index in [9.17, 15) is 4.79 Å². The molecule has 0 aliphatic heterocycles. The number of primary amides is 1. The Hall–Kier alpha value is -2.09. The van der Waals surface area contributed by atoms with E-state index >= 15 is 0 Å². The third kappa shape index (κ3) is 2.70. The summed E-state index contributed by atoms with van der Waals surface area (Å²) in [4.78, 5) is 15.3. The van der Waals surface area contributed by atoms with Crippen LogP contribution in [0, 0.1) is 18.3 Å². The van der Waals surface area contributed by atoms with E-state index < -0.39 is 11.4 Å². The summed E-state index contributed by atoms with van der Waals surface area (Å²) in [6, 6.07) is 5.28. The van der Waals surface area contributed by atoms with Crippen LogP contribution in [0.5, 0.6) is 0 Å². The van der Waals surface area contributed by atoms with Crippen LogP contribution in [0.15, 0.2) is 12.1 Å². The lowest BCUT2D eigenvalue weighted by molar-refractivity contribution is -0.121. The molecule has 0 aromatic carbocycles. The predicted molar refractivity (Wildman–Crippen MR) is 60.6 cm³/mol. The molecule has 1 aromatic rings. The van der Waals surface area contributed by atoms with Crippen molar-refractivity contribution in [3.8, 4) is 6.07 Å². The SMILES string of the molecule is Cc1cc(C#N)cc(NC(C)(C)C(N)=O)n1. The highest BCUT2D eigenvalue weighted by atomic mass is 16.1. The molecule has 0 aliphatic carbocycles. The van der Waals surface area contributed by atoms with Crippen LogP contribution in [0.25, 0.3) is 0 Å². The number of anilines is 1. The molecule has 1 aromatic heterocycles. The fraction of sp³-hybridized carbons (Fsp3) is 0.364. The molecule has 1 heterocycles. The summed E-state index contributed by atoms with van der Waals surface area (Å²) in [5, 5.41) is 11.7. The van der Waals surface area contributed by atoms with Gasteiger partial charge in [0.1, 0.15) is 11.4 Å². The Labute approximate surface area is 94.3 Å². The molecule has 3 N–H and O–H groups in total. The number of nitrogens with two attached hydrogens (primary N) is 1. The van der Waals surface area contributed by atoms with Gasteiger partial charge in [-0.1, -0.05) is 0 Å². The van der Waals surface area contributed by atoms with Crippen molar-refractivity contribution in [1.82, 2.24) is 4.98 Å². The van der Waals surface area contributed by atoms with Crippen molar-refractivity contribution >= 4 is 11.7 Å². The van der Waals surface area contributed by atoms with Crippen LogP contribution in [0.3, 0.4) is 0 Å². The number of pyridine rings is 1. The molecule has 0 saturated carbocycles. The van der Waals surface area contributed by atoms with E-state index in [2.05, 4.69) is 10.3 Å². The van der Waals surface area contributed by atoms with Crippen LogP contribution in [-0.4, -0.2) is 16.4 Å². The summed E-state index contributed by atoms with van der Waals surface area (Å²) >= 11 is 0. The molecule has 0 saturated heterocycles. The first-order valence-corrected chi connectivity index (χ1v) is 4.82. The molecule has 0 bridgehead atoms. The van der Waals surface area contributed by atoms with Gasteiger partial charge in [-0.25, -0.2) is 4.98 Å². The summed E-state index contributed by atoms with van der Waals surface area (Å²) in [5.74, 6) is -0.00494. The van der Waals surface area contributed by atoms with Crippen molar-refractivity contribution < 1.29 is 4.79 Å². The van der Waals surface area contributed by atoms with E-state index in [0.717, 1.165) is 0 Å². The number of nitrogens with zero attached hydrogens (tertiary/aromatic N) is 2. The maximum atomic E-state index is 11.1. The Morgan fingerprint density at radius 2 is 2.19 bits per heavy atom. The number of carbonyl (C=O) groups excluding carboxylic acids is 1. The van der Waals surface area contributed by atoms with Gasteiger partial charge in [-0.15, -0.1) is 0 Å². The topological polar surface area (TPSA) is 91.8 Å². The van der Waals surface area contributed by atoms with Gasteiger partial charge >= 0.3 is 0 Å². The summed E-state index contributed by atoms with van der Waals surface area (Å²) in [6.45, 7) is 5.10. The standard InChI is InChI=1S/C11H14N4O/c1-7-4-8(6-12)5-9(14-7)15-11(2,3)10(13)16/h4-5H,1-3H3,(H2,13,16)(H,14,15). The first kappa shape index (κ1) is 12.0. The van der Waals surface area contributed by atoms with E-state index in [0.29, 0.717) is 17.1 Å². The molecular formula is C11H14N4O. The number of rotatable bonds is 3. The van der Waals surface area contributed by atoms with Gasteiger partial charge in [0, 0.05) is 5.69 Å². The van der Waals surface area contributed by atoms with Crippen LogP contribution in [0.2, 0.25) is 0 Å². The van der Waals surface area contributed by atoms with Crippen LogP contribution < -0.4 is 11.1 Å². The quantitative estimate of drug-likeness (QED) is 0.789. The highest BCUT2D eigenvalue weighted by Gasteiger charge is 2.24. The van der Waals surface area contributed by atoms with Gasteiger partial charge in [-0.05, 0) is 32.9 Å². The number of nitrogens with one attached hydrogen (secondary N) is 1. The van der Waals surface area contributed by atoms with E-state index in [4.69, 9.17) is 11.0 Å². The summed E-state index contributed by atoms with van der Waals surface area (Å²) in [6.07, 6.45) is 0.